The highest BCUT2D eigenvalue weighted by Crippen LogP contribution is 2.51. The lowest BCUT2D eigenvalue weighted by atomic mass is 9.93. The van der Waals surface area contributed by atoms with Crippen LogP contribution in [0.1, 0.15) is 18.4 Å². The van der Waals surface area contributed by atoms with Crippen LogP contribution in [-0.2, 0) is 10.2 Å². The number of benzene rings is 1. The number of carbonyl (C=O) groups excluding carboxylic acids is 1. The minimum Gasteiger partial charge on any atom is -0.361 e. The number of hydrogen-bond donors (Lipinski definition) is 1. The molecule has 2 aromatic heterocycles. The minimum atomic E-state index is -0.328. The first-order valence-corrected chi connectivity index (χ1v) is 9.16. The highest BCUT2D eigenvalue weighted by Gasteiger charge is 2.54. The molecule has 1 saturated heterocycles. The molecule has 26 heavy (non-hydrogen) atoms. The molecule has 1 saturated carbocycles. The van der Waals surface area contributed by atoms with Crippen LogP contribution in [0, 0.1) is 0 Å². The summed E-state index contributed by atoms with van der Waals surface area (Å²) < 4.78 is 0. The summed E-state index contributed by atoms with van der Waals surface area (Å²) in [5.41, 5.74) is 1.94. The summed E-state index contributed by atoms with van der Waals surface area (Å²) in [6.45, 7) is 3.00. The number of nitrogens with zero attached hydrogens (tertiary/aromatic N) is 4. The maximum atomic E-state index is 13.3. The number of fused-ring (bicyclic) bond motifs is 1. The van der Waals surface area contributed by atoms with E-state index in [1.807, 2.05) is 29.3 Å². The molecule has 6 nitrogen and oxygen atoms in total. The van der Waals surface area contributed by atoms with Crippen molar-refractivity contribution in [3.63, 3.8) is 0 Å². The molecule has 132 valence electrons. The van der Waals surface area contributed by atoms with Crippen LogP contribution in [0.25, 0.3) is 10.9 Å². The number of hydrogen-bond acceptors (Lipinski definition) is 4. The predicted octanol–water partition coefficient (Wildman–Crippen LogP) is 2.34. The van der Waals surface area contributed by atoms with Crippen molar-refractivity contribution in [3.05, 3.63) is 54.5 Å². The van der Waals surface area contributed by atoms with Gasteiger partial charge in [0.2, 0.25) is 11.9 Å². The Morgan fingerprint density at radius 2 is 1.73 bits per heavy atom. The molecule has 1 amide bonds. The van der Waals surface area contributed by atoms with Crippen LogP contribution in [0.15, 0.2) is 48.9 Å². The average molecular weight is 347 g/mol. The molecule has 5 rings (SSSR count). The summed E-state index contributed by atoms with van der Waals surface area (Å²) in [6, 6.07) is 10.1. The third-order valence-corrected chi connectivity index (χ3v) is 5.67. The second kappa shape index (κ2) is 5.83. The highest BCUT2D eigenvalue weighted by molar-refractivity contribution is 5.97. The van der Waals surface area contributed by atoms with Gasteiger partial charge in [-0.2, -0.15) is 0 Å². The van der Waals surface area contributed by atoms with E-state index in [0.29, 0.717) is 0 Å². The van der Waals surface area contributed by atoms with Crippen molar-refractivity contribution in [2.75, 3.05) is 31.1 Å². The van der Waals surface area contributed by atoms with Crippen molar-refractivity contribution in [1.82, 2.24) is 19.9 Å². The van der Waals surface area contributed by atoms with Gasteiger partial charge in [-0.25, -0.2) is 9.97 Å². The number of anilines is 1. The Labute approximate surface area is 151 Å². The number of aromatic nitrogens is 3. The molecule has 3 heterocycles. The van der Waals surface area contributed by atoms with Crippen molar-refractivity contribution >= 4 is 22.8 Å². The first kappa shape index (κ1) is 15.4. The molecule has 1 N–H and O–H groups in total. The van der Waals surface area contributed by atoms with Crippen LogP contribution in [0.4, 0.5) is 5.95 Å². The van der Waals surface area contributed by atoms with Crippen LogP contribution in [-0.4, -0.2) is 51.9 Å². The van der Waals surface area contributed by atoms with E-state index < -0.39 is 0 Å². The molecule has 0 unspecified atom stereocenters. The van der Waals surface area contributed by atoms with E-state index >= 15 is 0 Å². The normalized spacial score (nSPS) is 18.9. The monoisotopic (exact) mass is 347 g/mol. The van der Waals surface area contributed by atoms with Gasteiger partial charge in [-0.05, 0) is 30.5 Å². The molecular formula is C20H21N5O. The van der Waals surface area contributed by atoms with E-state index in [-0.39, 0.29) is 11.3 Å². The van der Waals surface area contributed by atoms with Crippen LogP contribution in [0.3, 0.4) is 0 Å². The van der Waals surface area contributed by atoms with Gasteiger partial charge in [-0.15, -0.1) is 0 Å². The number of carbonyl (C=O) groups is 1. The second-order valence-electron chi connectivity index (χ2n) is 7.16. The minimum absolute atomic E-state index is 0.274. The Balaban J connectivity index is 1.34. The van der Waals surface area contributed by atoms with Crippen molar-refractivity contribution in [3.8, 4) is 0 Å². The lowest BCUT2D eigenvalue weighted by Crippen LogP contribution is -2.52. The standard InChI is InChI=1S/C20H21N5O/c26-18(24-10-12-25(13-11-24)19-21-8-3-9-22-19)20(6-7-20)16-14-23-17-5-2-1-4-15(16)17/h1-5,8-9,14,23H,6-7,10-13H2. The Kier molecular flexibility index (Phi) is 3.45. The molecule has 2 aliphatic rings. The quantitative estimate of drug-likeness (QED) is 0.790. The van der Waals surface area contributed by atoms with Crippen molar-refractivity contribution < 1.29 is 4.79 Å². The van der Waals surface area contributed by atoms with E-state index in [2.05, 4.69) is 32.0 Å². The van der Waals surface area contributed by atoms with Crippen molar-refractivity contribution in [2.45, 2.75) is 18.3 Å². The number of piperazine rings is 1. The van der Waals surface area contributed by atoms with Crippen LogP contribution in [0.5, 0.6) is 0 Å². The van der Waals surface area contributed by atoms with Gasteiger partial charge in [-0.1, -0.05) is 18.2 Å². The van der Waals surface area contributed by atoms with Crippen LogP contribution in [0.2, 0.25) is 0 Å². The summed E-state index contributed by atoms with van der Waals surface area (Å²) in [5, 5.41) is 1.18. The number of H-pyrrole nitrogens is 1. The first-order chi connectivity index (χ1) is 12.8. The summed E-state index contributed by atoms with van der Waals surface area (Å²) in [5.74, 6) is 1.02. The Hall–Kier alpha value is -2.89. The molecule has 1 aromatic carbocycles. The molecule has 0 atom stereocenters. The Morgan fingerprint density at radius 3 is 2.46 bits per heavy atom. The summed E-state index contributed by atoms with van der Waals surface area (Å²) >= 11 is 0. The summed E-state index contributed by atoms with van der Waals surface area (Å²) in [4.78, 5) is 29.5. The summed E-state index contributed by atoms with van der Waals surface area (Å²) in [7, 11) is 0. The number of aromatic amines is 1. The van der Waals surface area contributed by atoms with E-state index in [1.165, 1.54) is 5.39 Å². The van der Waals surface area contributed by atoms with Gasteiger partial charge in [0.25, 0.3) is 0 Å². The number of para-hydroxylation sites is 1. The number of rotatable bonds is 3. The average Bonchev–Trinajstić information content (AvgIpc) is 3.40. The molecule has 0 radical (unpaired) electrons. The fourth-order valence-electron chi connectivity index (χ4n) is 4.06. The zero-order chi connectivity index (χ0) is 17.6. The smallest absolute Gasteiger partial charge is 0.233 e. The number of nitrogens with one attached hydrogen (secondary N) is 1. The van der Waals surface area contributed by atoms with Gasteiger partial charge in [0.15, 0.2) is 0 Å². The maximum absolute atomic E-state index is 13.3. The molecule has 0 spiro atoms. The van der Waals surface area contributed by atoms with E-state index in [0.717, 1.165) is 56.0 Å². The van der Waals surface area contributed by atoms with Crippen molar-refractivity contribution in [1.29, 1.82) is 0 Å². The Bertz CT molecular complexity index is 939. The fourth-order valence-corrected chi connectivity index (χ4v) is 4.06. The van der Waals surface area contributed by atoms with Crippen molar-refractivity contribution in [2.24, 2.45) is 0 Å². The summed E-state index contributed by atoms with van der Waals surface area (Å²) in [6.07, 6.45) is 7.43. The predicted molar refractivity (Wildman–Crippen MR) is 100 cm³/mol. The zero-order valence-electron chi connectivity index (χ0n) is 14.6. The van der Waals surface area contributed by atoms with Gasteiger partial charge in [0.05, 0.1) is 5.41 Å². The molecule has 1 aliphatic carbocycles. The molecular weight excluding hydrogens is 326 g/mol. The SMILES string of the molecule is O=C(N1CCN(c2ncccn2)CC1)C1(c2c[nH]c3ccccc23)CC1. The molecule has 0 bridgehead atoms. The van der Waals surface area contributed by atoms with Crippen LogP contribution >= 0.6 is 0 Å². The lowest BCUT2D eigenvalue weighted by molar-refractivity contribution is -0.134. The highest BCUT2D eigenvalue weighted by atomic mass is 16.2. The largest absolute Gasteiger partial charge is 0.361 e. The molecule has 3 aromatic rings. The fraction of sp³-hybridized carbons (Fsp3) is 0.350. The molecule has 2 fully saturated rings. The van der Waals surface area contributed by atoms with Gasteiger partial charge in [-0.3, -0.25) is 4.79 Å². The Morgan fingerprint density at radius 1 is 1.00 bits per heavy atom. The van der Waals surface area contributed by atoms with Gasteiger partial charge in [0, 0.05) is 55.7 Å². The van der Waals surface area contributed by atoms with Crippen LogP contribution < -0.4 is 4.90 Å². The van der Waals surface area contributed by atoms with Gasteiger partial charge in [0.1, 0.15) is 0 Å². The maximum Gasteiger partial charge on any atom is 0.233 e. The topological polar surface area (TPSA) is 65.1 Å². The van der Waals surface area contributed by atoms with E-state index in [1.54, 1.807) is 12.4 Å². The molecule has 6 heteroatoms. The van der Waals surface area contributed by atoms with E-state index in [4.69, 9.17) is 0 Å². The third kappa shape index (κ3) is 2.36. The van der Waals surface area contributed by atoms with E-state index in [9.17, 15) is 4.79 Å². The van der Waals surface area contributed by atoms with Gasteiger partial charge < -0.3 is 14.8 Å². The molecule has 1 aliphatic heterocycles. The lowest BCUT2D eigenvalue weighted by Gasteiger charge is -2.36. The third-order valence-electron chi connectivity index (χ3n) is 5.67. The first-order valence-electron chi connectivity index (χ1n) is 9.16. The second-order valence-corrected chi connectivity index (χ2v) is 7.16. The number of amides is 1. The zero-order valence-corrected chi connectivity index (χ0v) is 14.6. The van der Waals surface area contributed by atoms with Gasteiger partial charge >= 0.3 is 0 Å².